The molecule has 154 valence electrons. The van der Waals surface area contributed by atoms with Crippen LogP contribution >= 0.6 is 23.4 Å². The van der Waals surface area contributed by atoms with Crippen molar-refractivity contribution in [1.82, 2.24) is 14.6 Å². The molecule has 1 unspecified atom stereocenters. The molecule has 30 heavy (non-hydrogen) atoms. The van der Waals surface area contributed by atoms with Gasteiger partial charge in [0, 0.05) is 5.39 Å². The number of nitrogens with one attached hydrogen (secondary N) is 1. The number of nitrogens with zero attached hydrogens (tertiary/aromatic N) is 3. The summed E-state index contributed by atoms with van der Waals surface area (Å²) in [6, 6.07) is 13.6. The van der Waals surface area contributed by atoms with Gasteiger partial charge in [0.05, 0.1) is 21.5 Å². The Labute approximate surface area is 184 Å². The number of halogens is 1. The molecule has 0 aliphatic rings. The second-order valence-corrected chi connectivity index (χ2v) is 9.04. The number of aromatic nitrogens is 3. The standard InChI is InChI=1S/C23H23ClN4OS/c1-5-19(22(29)25-18-9-7-6-8-17(18)24)30-23-27-26-20-12-14(3)16-11-13(2)10-15(4)21(16)28(20)23/h6-12,19H,5H2,1-4H3,(H,25,29). The summed E-state index contributed by atoms with van der Waals surface area (Å²) < 4.78 is 2.06. The second-order valence-electron chi connectivity index (χ2n) is 7.47. The summed E-state index contributed by atoms with van der Waals surface area (Å²) in [5.74, 6) is -0.101. The number of carbonyl (C=O) groups excluding carboxylic acids is 1. The lowest BCUT2D eigenvalue weighted by atomic mass is 10.0. The zero-order valence-electron chi connectivity index (χ0n) is 17.4. The Morgan fingerprint density at radius 3 is 2.63 bits per heavy atom. The molecule has 1 atom stereocenters. The van der Waals surface area contributed by atoms with Gasteiger partial charge in [-0.25, -0.2) is 0 Å². The Morgan fingerprint density at radius 1 is 1.13 bits per heavy atom. The zero-order chi connectivity index (χ0) is 21.4. The van der Waals surface area contributed by atoms with Crippen LogP contribution in [0.1, 0.15) is 30.0 Å². The first-order chi connectivity index (χ1) is 14.4. The predicted molar refractivity (Wildman–Crippen MR) is 125 cm³/mol. The van der Waals surface area contributed by atoms with Gasteiger partial charge in [0.1, 0.15) is 0 Å². The van der Waals surface area contributed by atoms with Crippen LogP contribution in [0.3, 0.4) is 0 Å². The van der Waals surface area contributed by atoms with E-state index < -0.39 is 0 Å². The molecular weight excluding hydrogens is 416 g/mol. The summed E-state index contributed by atoms with van der Waals surface area (Å²) >= 11 is 7.63. The summed E-state index contributed by atoms with van der Waals surface area (Å²) in [4.78, 5) is 12.9. The number of hydrogen-bond acceptors (Lipinski definition) is 4. The van der Waals surface area contributed by atoms with Crippen molar-refractivity contribution in [1.29, 1.82) is 0 Å². The molecule has 2 aromatic heterocycles. The number of pyridine rings is 1. The van der Waals surface area contributed by atoms with Crippen molar-refractivity contribution in [3.05, 3.63) is 64.2 Å². The highest BCUT2D eigenvalue weighted by atomic mass is 35.5. The SMILES string of the molecule is CCC(Sc1nnc2cc(C)c3cc(C)cc(C)c3n12)C(=O)Nc1ccccc1Cl. The van der Waals surface area contributed by atoms with Crippen molar-refractivity contribution in [2.45, 2.75) is 44.5 Å². The fourth-order valence-corrected chi connectivity index (χ4v) is 4.86. The van der Waals surface area contributed by atoms with E-state index in [9.17, 15) is 4.79 Å². The number of para-hydroxylation sites is 1. The highest BCUT2D eigenvalue weighted by Crippen LogP contribution is 2.32. The molecule has 0 saturated carbocycles. The van der Waals surface area contributed by atoms with Crippen molar-refractivity contribution in [3.63, 3.8) is 0 Å². The molecule has 0 saturated heterocycles. The fourth-order valence-electron chi connectivity index (χ4n) is 3.72. The molecule has 7 heteroatoms. The highest BCUT2D eigenvalue weighted by molar-refractivity contribution is 8.00. The van der Waals surface area contributed by atoms with Gasteiger partial charge in [-0.05, 0) is 62.6 Å². The number of carbonyl (C=O) groups is 1. The van der Waals surface area contributed by atoms with Crippen molar-refractivity contribution in [3.8, 4) is 0 Å². The van der Waals surface area contributed by atoms with E-state index in [1.807, 2.05) is 25.1 Å². The van der Waals surface area contributed by atoms with E-state index in [4.69, 9.17) is 11.6 Å². The number of fused-ring (bicyclic) bond motifs is 3. The predicted octanol–water partition coefficient (Wildman–Crippen LogP) is 5.97. The van der Waals surface area contributed by atoms with Crippen molar-refractivity contribution < 1.29 is 4.79 Å². The van der Waals surface area contributed by atoms with Crippen LogP contribution in [0.4, 0.5) is 5.69 Å². The molecule has 0 spiro atoms. The van der Waals surface area contributed by atoms with Gasteiger partial charge in [-0.3, -0.25) is 9.20 Å². The van der Waals surface area contributed by atoms with Crippen LogP contribution in [0.15, 0.2) is 47.6 Å². The minimum atomic E-state index is -0.323. The van der Waals surface area contributed by atoms with Gasteiger partial charge in [-0.1, -0.05) is 54.0 Å². The lowest BCUT2D eigenvalue weighted by Gasteiger charge is -2.16. The quantitative estimate of drug-likeness (QED) is 0.390. The molecule has 4 aromatic rings. The fraction of sp³-hybridized carbons (Fsp3) is 0.261. The van der Waals surface area contributed by atoms with Crippen molar-refractivity contribution >= 4 is 51.5 Å². The summed E-state index contributed by atoms with van der Waals surface area (Å²) in [5.41, 5.74) is 6.03. The van der Waals surface area contributed by atoms with Gasteiger partial charge in [0.15, 0.2) is 10.8 Å². The lowest BCUT2D eigenvalue weighted by Crippen LogP contribution is -2.25. The summed E-state index contributed by atoms with van der Waals surface area (Å²) in [5, 5.41) is 13.8. The number of amides is 1. The molecule has 4 rings (SSSR count). The monoisotopic (exact) mass is 438 g/mol. The lowest BCUT2D eigenvalue weighted by molar-refractivity contribution is -0.115. The van der Waals surface area contributed by atoms with Gasteiger partial charge in [-0.2, -0.15) is 0 Å². The number of hydrogen-bond donors (Lipinski definition) is 1. The molecule has 1 N–H and O–H groups in total. The maximum Gasteiger partial charge on any atom is 0.238 e. The van der Waals surface area contributed by atoms with Crippen LogP contribution in [-0.4, -0.2) is 25.8 Å². The molecule has 0 fully saturated rings. The smallest absolute Gasteiger partial charge is 0.238 e. The first kappa shape index (κ1) is 20.7. The third-order valence-corrected chi connectivity index (χ3v) is 6.78. The summed E-state index contributed by atoms with van der Waals surface area (Å²) in [7, 11) is 0. The van der Waals surface area contributed by atoms with Gasteiger partial charge >= 0.3 is 0 Å². The van der Waals surface area contributed by atoms with Crippen LogP contribution < -0.4 is 5.32 Å². The van der Waals surface area contributed by atoms with E-state index in [1.165, 1.54) is 22.7 Å². The summed E-state index contributed by atoms with van der Waals surface area (Å²) in [6.45, 7) is 8.28. The maximum atomic E-state index is 12.9. The number of rotatable bonds is 5. The van der Waals surface area contributed by atoms with E-state index in [-0.39, 0.29) is 11.2 Å². The van der Waals surface area contributed by atoms with Crippen LogP contribution in [0.2, 0.25) is 5.02 Å². The number of aryl methyl sites for hydroxylation is 3. The number of anilines is 1. The van der Waals surface area contributed by atoms with Crippen molar-refractivity contribution in [2.75, 3.05) is 5.32 Å². The van der Waals surface area contributed by atoms with E-state index in [1.54, 1.807) is 12.1 Å². The largest absolute Gasteiger partial charge is 0.324 e. The zero-order valence-corrected chi connectivity index (χ0v) is 18.9. The highest BCUT2D eigenvalue weighted by Gasteiger charge is 2.23. The Kier molecular flexibility index (Phi) is 5.71. The minimum absolute atomic E-state index is 0.101. The van der Waals surface area contributed by atoms with Gasteiger partial charge < -0.3 is 5.32 Å². The topological polar surface area (TPSA) is 59.3 Å². The van der Waals surface area contributed by atoms with Gasteiger partial charge in [0.2, 0.25) is 5.91 Å². The third-order valence-electron chi connectivity index (χ3n) is 5.14. The van der Waals surface area contributed by atoms with Crippen molar-refractivity contribution in [2.24, 2.45) is 0 Å². The molecule has 0 aliphatic carbocycles. The second kappa shape index (κ2) is 8.28. The molecule has 0 radical (unpaired) electrons. The molecular formula is C23H23ClN4OS. The maximum absolute atomic E-state index is 12.9. The van der Waals surface area contributed by atoms with Crippen LogP contribution in [0.5, 0.6) is 0 Å². The Bertz CT molecular complexity index is 1270. The molecule has 0 bridgehead atoms. The third kappa shape index (κ3) is 3.77. The Balaban J connectivity index is 1.73. The molecule has 2 heterocycles. The van der Waals surface area contributed by atoms with Crippen LogP contribution in [0.25, 0.3) is 16.6 Å². The van der Waals surface area contributed by atoms with E-state index in [0.29, 0.717) is 22.3 Å². The number of thioether (sulfide) groups is 1. The Morgan fingerprint density at radius 2 is 1.90 bits per heavy atom. The molecule has 0 aliphatic heterocycles. The normalized spacial score (nSPS) is 12.4. The average Bonchev–Trinajstić information content (AvgIpc) is 3.09. The number of benzene rings is 2. The van der Waals surface area contributed by atoms with Crippen LogP contribution in [-0.2, 0) is 4.79 Å². The van der Waals surface area contributed by atoms with Gasteiger partial charge in [0.25, 0.3) is 0 Å². The summed E-state index contributed by atoms with van der Waals surface area (Å²) in [6.07, 6.45) is 0.651. The molecule has 1 amide bonds. The molecule has 5 nitrogen and oxygen atoms in total. The first-order valence-corrected chi connectivity index (χ1v) is 11.1. The van der Waals surface area contributed by atoms with E-state index in [2.05, 4.69) is 52.8 Å². The first-order valence-electron chi connectivity index (χ1n) is 9.86. The van der Waals surface area contributed by atoms with E-state index >= 15 is 0 Å². The minimum Gasteiger partial charge on any atom is -0.324 e. The average molecular weight is 439 g/mol. The Hall–Kier alpha value is -2.57. The van der Waals surface area contributed by atoms with Gasteiger partial charge in [-0.15, -0.1) is 10.2 Å². The molecule has 2 aromatic carbocycles. The van der Waals surface area contributed by atoms with E-state index in [0.717, 1.165) is 22.3 Å². The van der Waals surface area contributed by atoms with Crippen LogP contribution in [0, 0.1) is 20.8 Å².